The minimum atomic E-state index is -1.50. The van der Waals surface area contributed by atoms with Crippen LogP contribution in [0.4, 0.5) is 28.9 Å². The van der Waals surface area contributed by atoms with Crippen molar-refractivity contribution in [2.75, 3.05) is 66.0 Å². The number of amides is 2. The van der Waals surface area contributed by atoms with Crippen LogP contribution in [0, 0.1) is 60.8 Å². The zero-order valence-electron chi connectivity index (χ0n) is 40.3. The van der Waals surface area contributed by atoms with Gasteiger partial charge in [0.15, 0.2) is 21.7 Å². The van der Waals surface area contributed by atoms with Crippen LogP contribution in [0.5, 0.6) is 0 Å². The van der Waals surface area contributed by atoms with Crippen LogP contribution < -0.4 is 11.5 Å². The molecule has 75 heavy (non-hydrogen) atoms. The first kappa shape index (κ1) is 54.4. The summed E-state index contributed by atoms with van der Waals surface area (Å²) >= 11 is 5.86. The number of carbonyl (C=O) groups excluding carboxylic acids is 2. The van der Waals surface area contributed by atoms with E-state index in [0.29, 0.717) is 93.5 Å². The molecule has 0 aromatic heterocycles. The van der Waals surface area contributed by atoms with Gasteiger partial charge in [0, 0.05) is 92.0 Å². The van der Waals surface area contributed by atoms with Crippen molar-refractivity contribution in [3.63, 3.8) is 0 Å². The molecule has 384 valence electrons. The molecule has 4 aromatic rings. The number of alkyl halides is 2. The number of carbonyl (C=O) groups is 2. The Balaban J connectivity index is 0.000000174. The molecule has 0 bridgehead atoms. The molecule has 0 unspecified atom stereocenters. The lowest BCUT2D eigenvalue weighted by atomic mass is 9.84. The molecule has 10 rings (SSSR count). The number of thioether (sulfide) groups is 2. The van der Waals surface area contributed by atoms with Gasteiger partial charge in [-0.05, 0) is 49.2 Å². The van der Waals surface area contributed by atoms with Gasteiger partial charge in [-0.25, -0.2) is 37.2 Å². The number of hydrogen-bond donors (Lipinski definition) is 2. The number of benzene rings is 4. The molecule has 6 atom stereocenters. The minimum Gasteiger partial charge on any atom is -0.378 e. The Morgan fingerprint density at radius 3 is 1.52 bits per heavy atom. The maximum Gasteiger partial charge on any atom is 0.246 e. The number of aliphatic imine (C=N–C) groups is 2. The van der Waals surface area contributed by atoms with E-state index in [2.05, 4.69) is 53.4 Å². The van der Waals surface area contributed by atoms with Gasteiger partial charge in [-0.1, -0.05) is 118 Å². The van der Waals surface area contributed by atoms with Crippen LogP contribution in [0.1, 0.15) is 40.7 Å². The van der Waals surface area contributed by atoms with E-state index in [4.69, 9.17) is 40.5 Å². The monoisotopic (exact) mass is 1120 g/mol. The summed E-state index contributed by atoms with van der Waals surface area (Å²) in [7, 11) is 0. The number of terminal acetylenes is 1. The third kappa shape index (κ3) is 12.0. The first-order valence-electron chi connectivity index (χ1n) is 23.7. The normalized spacial score (nSPS) is 26.1. The highest BCUT2D eigenvalue weighted by Crippen LogP contribution is 2.68. The van der Waals surface area contributed by atoms with E-state index in [1.807, 2.05) is 12.1 Å². The van der Waals surface area contributed by atoms with Gasteiger partial charge in [-0.3, -0.25) is 9.59 Å². The molecular formula is C56H49BrF4N8O4S2. The van der Waals surface area contributed by atoms with Crippen LogP contribution in [0.2, 0.25) is 0 Å². The summed E-state index contributed by atoms with van der Waals surface area (Å²) in [5, 5.41) is 0.330. The molecule has 0 spiro atoms. The number of amidine groups is 2. The molecule has 2 aliphatic carbocycles. The van der Waals surface area contributed by atoms with Crippen LogP contribution in [0.15, 0.2) is 124 Å². The Hall–Kier alpha value is -6.84. The number of rotatable bonds is 8. The minimum absolute atomic E-state index is 0.105. The fourth-order valence-corrected chi connectivity index (χ4v) is 12.5. The summed E-state index contributed by atoms with van der Waals surface area (Å²) in [5.41, 5.74) is 12.3. The topological polar surface area (TPSA) is 145 Å². The molecule has 4 heterocycles. The van der Waals surface area contributed by atoms with E-state index in [9.17, 15) is 22.8 Å². The molecular weight excluding hydrogens is 1070 g/mol. The van der Waals surface area contributed by atoms with Gasteiger partial charge in [0.1, 0.15) is 36.1 Å². The Labute approximate surface area is 449 Å². The van der Waals surface area contributed by atoms with Crippen molar-refractivity contribution in [2.24, 2.45) is 33.3 Å². The summed E-state index contributed by atoms with van der Waals surface area (Å²) in [6, 6.07) is 22.6. The van der Waals surface area contributed by atoms with Crippen LogP contribution in [-0.2, 0) is 30.1 Å². The van der Waals surface area contributed by atoms with Gasteiger partial charge < -0.3 is 30.7 Å². The zero-order valence-corrected chi connectivity index (χ0v) is 43.5. The molecule has 4 aromatic carbocycles. The predicted octanol–water partition coefficient (Wildman–Crippen LogP) is 9.38. The quantitative estimate of drug-likeness (QED) is 0.0769. The van der Waals surface area contributed by atoms with Crippen LogP contribution in [-0.4, -0.2) is 107 Å². The number of nitrogens with two attached hydrogens (primary N) is 2. The second-order valence-corrected chi connectivity index (χ2v) is 21.9. The average molecular weight is 1120 g/mol. The number of fused-ring (bicyclic) bond motifs is 2. The third-order valence-electron chi connectivity index (χ3n) is 13.7. The first-order chi connectivity index (χ1) is 36.2. The molecule has 12 nitrogen and oxygen atoms in total. The van der Waals surface area contributed by atoms with Crippen LogP contribution >= 0.6 is 39.5 Å². The van der Waals surface area contributed by atoms with Crippen molar-refractivity contribution in [1.82, 2.24) is 9.80 Å². The summed E-state index contributed by atoms with van der Waals surface area (Å²) in [6.45, 7) is 16.0. The second kappa shape index (κ2) is 23.4. The van der Waals surface area contributed by atoms with Crippen molar-refractivity contribution in [3.8, 4) is 24.2 Å². The smallest absolute Gasteiger partial charge is 0.246 e. The van der Waals surface area contributed by atoms with Crippen LogP contribution in [0.25, 0.3) is 9.69 Å². The lowest BCUT2D eigenvalue weighted by molar-refractivity contribution is -0.130. The Morgan fingerprint density at radius 1 is 0.693 bits per heavy atom. The Kier molecular flexibility index (Phi) is 17.0. The standard InChI is InChI=1S/C28H24F2N4O2S.C21H21F2N3O2S.C7H4BrN/c1-32-21-7-4-19(5-8-21)2-3-20-6-9-23(30)22(16-20)28(18-29)24-17-27(24,37-26(31)33-28)11-10-25(35)34-12-14-36-15-13-34;1-2-14-3-4-16(23)15(11-14)21(13-22)17-12-20(17,29-19(24)25-21)6-5-18(27)26-7-9-28-10-8-26;1-9-7-4-2-6(8)3-5-7/h4-11,16,24H,12-15,17-18H2,(H2,31,33);1,3-6,11,17H,7-10,12-13H2,(H2,24,25);2-5H/b11-10+;6-5+;/t24-,27+,28-;17-,20+,21-;/m11./s1. The number of hydrogen-bond acceptors (Lipinski definition) is 10. The maximum absolute atomic E-state index is 15.2. The number of morpholine rings is 2. The highest BCUT2D eigenvalue weighted by atomic mass is 79.9. The van der Waals surface area contributed by atoms with E-state index >= 15 is 4.39 Å². The highest BCUT2D eigenvalue weighted by molar-refractivity contribution is 9.10. The van der Waals surface area contributed by atoms with Crippen LogP contribution in [0.3, 0.4) is 0 Å². The maximum atomic E-state index is 15.2. The number of halogens is 5. The average Bonchev–Trinajstić information content (AvgIpc) is 4.39. The van der Waals surface area contributed by atoms with E-state index in [-0.39, 0.29) is 45.1 Å². The highest BCUT2D eigenvalue weighted by Gasteiger charge is 2.68. The molecule has 4 fully saturated rings. The summed E-state index contributed by atoms with van der Waals surface area (Å²) in [5.74, 6) is 6.34. The predicted molar refractivity (Wildman–Crippen MR) is 288 cm³/mol. The van der Waals surface area contributed by atoms with Crippen molar-refractivity contribution in [3.05, 3.63) is 176 Å². The van der Waals surface area contributed by atoms with Gasteiger partial charge in [0.2, 0.25) is 11.8 Å². The SMILES string of the molecule is C#Cc1ccc(F)c([C@@]2(CF)N=C(N)S[C@@]3(/C=C/C(=O)N4CCOCC4)C[C@H]32)c1.[C-]#[N+]c1ccc(Br)cc1.[C-]#[N+]c1ccc(C#Cc2ccc(F)c([C@@]3(CF)N=C(N)S[C@@]4(/C=C/C(=O)N5CCOCC5)C[C@H]43)c2)cc1. The fourth-order valence-electron chi connectivity index (χ4n) is 9.56. The van der Waals surface area contributed by atoms with Crippen molar-refractivity contribution >= 4 is 73.0 Å². The van der Waals surface area contributed by atoms with E-state index in [0.717, 1.165) is 4.47 Å². The molecule has 4 N–H and O–H groups in total. The summed E-state index contributed by atoms with van der Waals surface area (Å²) in [6.07, 6.45) is 13.1. The van der Waals surface area contributed by atoms with Gasteiger partial charge in [-0.15, -0.1) is 6.42 Å². The van der Waals surface area contributed by atoms with E-state index in [1.54, 1.807) is 58.4 Å². The lowest BCUT2D eigenvalue weighted by Gasteiger charge is -2.34. The number of nitrogens with zero attached hydrogens (tertiary/aromatic N) is 6. The Bertz CT molecular complexity index is 3150. The molecule has 4 aliphatic heterocycles. The molecule has 2 saturated carbocycles. The Morgan fingerprint density at radius 2 is 1.09 bits per heavy atom. The number of ether oxygens (including phenoxy) is 2. The lowest BCUT2D eigenvalue weighted by Crippen LogP contribution is -2.41. The fraction of sp³-hybridized carbons (Fsp3) is 0.321. The molecule has 2 amide bonds. The molecule has 6 aliphatic rings. The van der Waals surface area contributed by atoms with Gasteiger partial charge in [-0.2, -0.15) is 0 Å². The van der Waals surface area contributed by atoms with Gasteiger partial charge in [0.05, 0.1) is 39.6 Å². The van der Waals surface area contributed by atoms with E-state index in [1.165, 1.54) is 72.1 Å². The molecule has 19 heteroatoms. The van der Waals surface area contributed by atoms with Gasteiger partial charge >= 0.3 is 0 Å². The van der Waals surface area contributed by atoms with Gasteiger partial charge in [0.25, 0.3) is 0 Å². The first-order valence-corrected chi connectivity index (χ1v) is 26.1. The zero-order chi connectivity index (χ0) is 53.4. The largest absolute Gasteiger partial charge is 0.378 e. The van der Waals surface area contributed by atoms with Crippen molar-refractivity contribution in [1.29, 1.82) is 0 Å². The van der Waals surface area contributed by atoms with E-state index < -0.39 is 45.6 Å². The van der Waals surface area contributed by atoms with Crippen molar-refractivity contribution < 1.29 is 36.6 Å². The molecule has 2 saturated heterocycles. The summed E-state index contributed by atoms with van der Waals surface area (Å²) < 4.78 is 69.5. The van der Waals surface area contributed by atoms with Crippen molar-refractivity contribution in [2.45, 2.75) is 33.4 Å². The third-order valence-corrected chi connectivity index (χ3v) is 16.7. The molecule has 0 radical (unpaired) electrons. The summed E-state index contributed by atoms with van der Waals surface area (Å²) in [4.78, 5) is 43.9. The second-order valence-electron chi connectivity index (χ2n) is 18.2.